The molecule has 1 aromatic rings. The minimum atomic E-state index is 0.204. The van der Waals surface area contributed by atoms with Gasteiger partial charge in [0.1, 0.15) is 6.10 Å². The quantitative estimate of drug-likeness (QED) is 0.743. The highest BCUT2D eigenvalue weighted by Crippen LogP contribution is 2.12. The monoisotopic (exact) mass is 204 g/mol. The second-order valence-electron chi connectivity index (χ2n) is 4.01. The van der Waals surface area contributed by atoms with Gasteiger partial charge in [0.15, 0.2) is 0 Å². The van der Waals surface area contributed by atoms with E-state index in [9.17, 15) is 0 Å². The Labute approximate surface area is 90.4 Å². The first-order valence-corrected chi connectivity index (χ1v) is 5.17. The zero-order valence-corrected chi connectivity index (χ0v) is 9.18. The Morgan fingerprint density at radius 1 is 1.33 bits per heavy atom. The van der Waals surface area contributed by atoms with E-state index in [-0.39, 0.29) is 6.10 Å². The molecule has 0 bridgehead atoms. The SMILES string of the molecule is CN(C)CC1CN=C(c2ccccc2)O1. The second-order valence-corrected chi connectivity index (χ2v) is 4.01. The van der Waals surface area contributed by atoms with Crippen molar-refractivity contribution < 1.29 is 4.74 Å². The highest BCUT2D eigenvalue weighted by molar-refractivity contribution is 5.95. The van der Waals surface area contributed by atoms with Crippen LogP contribution in [-0.2, 0) is 4.74 Å². The number of hydrogen-bond acceptors (Lipinski definition) is 3. The predicted octanol–water partition coefficient (Wildman–Crippen LogP) is 1.39. The van der Waals surface area contributed by atoms with Gasteiger partial charge in [-0.1, -0.05) is 18.2 Å². The lowest BCUT2D eigenvalue weighted by atomic mass is 10.2. The molecule has 15 heavy (non-hydrogen) atoms. The maximum Gasteiger partial charge on any atom is 0.216 e. The van der Waals surface area contributed by atoms with Gasteiger partial charge in [0.05, 0.1) is 6.54 Å². The number of likely N-dealkylation sites (N-methyl/N-ethyl adjacent to an activating group) is 1. The van der Waals surface area contributed by atoms with Crippen LogP contribution < -0.4 is 0 Å². The molecule has 0 saturated carbocycles. The molecule has 80 valence electrons. The third-order valence-electron chi connectivity index (χ3n) is 2.31. The molecule has 0 radical (unpaired) electrons. The highest BCUT2D eigenvalue weighted by atomic mass is 16.5. The van der Waals surface area contributed by atoms with Crippen LogP contribution in [-0.4, -0.2) is 44.1 Å². The summed E-state index contributed by atoms with van der Waals surface area (Å²) in [5.74, 6) is 0.780. The summed E-state index contributed by atoms with van der Waals surface area (Å²) in [5.41, 5.74) is 1.07. The van der Waals surface area contributed by atoms with E-state index in [1.54, 1.807) is 0 Å². The van der Waals surface area contributed by atoms with E-state index in [0.717, 1.165) is 24.6 Å². The van der Waals surface area contributed by atoms with E-state index in [1.807, 2.05) is 44.4 Å². The van der Waals surface area contributed by atoms with Crippen molar-refractivity contribution in [1.82, 2.24) is 4.90 Å². The first-order valence-electron chi connectivity index (χ1n) is 5.17. The summed E-state index contributed by atoms with van der Waals surface area (Å²) in [4.78, 5) is 6.53. The first kappa shape index (κ1) is 10.2. The molecule has 1 aliphatic rings. The minimum Gasteiger partial charge on any atom is -0.471 e. The van der Waals surface area contributed by atoms with Crippen LogP contribution in [0.4, 0.5) is 0 Å². The fourth-order valence-corrected chi connectivity index (χ4v) is 1.66. The van der Waals surface area contributed by atoms with Gasteiger partial charge in [-0.05, 0) is 26.2 Å². The number of nitrogens with zero attached hydrogens (tertiary/aromatic N) is 2. The van der Waals surface area contributed by atoms with E-state index in [4.69, 9.17) is 4.74 Å². The van der Waals surface area contributed by atoms with E-state index < -0.39 is 0 Å². The lowest BCUT2D eigenvalue weighted by Gasteiger charge is -2.15. The lowest BCUT2D eigenvalue weighted by molar-refractivity contribution is 0.178. The Balaban J connectivity index is 1.98. The molecule has 2 rings (SSSR count). The lowest BCUT2D eigenvalue weighted by Crippen LogP contribution is -2.28. The van der Waals surface area contributed by atoms with Crippen molar-refractivity contribution in [2.24, 2.45) is 4.99 Å². The Bertz CT molecular complexity index is 346. The molecule has 0 aromatic heterocycles. The van der Waals surface area contributed by atoms with Gasteiger partial charge < -0.3 is 9.64 Å². The molecule has 3 heteroatoms. The van der Waals surface area contributed by atoms with Gasteiger partial charge in [0, 0.05) is 12.1 Å². The van der Waals surface area contributed by atoms with Gasteiger partial charge in [-0.25, -0.2) is 4.99 Å². The van der Waals surface area contributed by atoms with Crippen LogP contribution in [0.1, 0.15) is 5.56 Å². The smallest absolute Gasteiger partial charge is 0.216 e. The third kappa shape index (κ3) is 2.57. The topological polar surface area (TPSA) is 24.8 Å². The molecule has 1 unspecified atom stereocenters. The van der Waals surface area contributed by atoms with Gasteiger partial charge in [-0.2, -0.15) is 0 Å². The van der Waals surface area contributed by atoms with Gasteiger partial charge in [0.25, 0.3) is 0 Å². The number of benzene rings is 1. The van der Waals surface area contributed by atoms with Crippen molar-refractivity contribution in [2.45, 2.75) is 6.10 Å². The molecule has 0 saturated heterocycles. The van der Waals surface area contributed by atoms with Crippen LogP contribution in [0.15, 0.2) is 35.3 Å². The molecule has 0 fully saturated rings. The molecule has 0 amide bonds. The van der Waals surface area contributed by atoms with E-state index in [0.29, 0.717) is 0 Å². The zero-order valence-electron chi connectivity index (χ0n) is 9.18. The molecule has 1 aromatic carbocycles. The zero-order chi connectivity index (χ0) is 10.7. The van der Waals surface area contributed by atoms with E-state index in [1.165, 1.54) is 0 Å². The van der Waals surface area contributed by atoms with Gasteiger partial charge in [-0.15, -0.1) is 0 Å². The van der Waals surface area contributed by atoms with E-state index >= 15 is 0 Å². The summed E-state index contributed by atoms with van der Waals surface area (Å²) >= 11 is 0. The van der Waals surface area contributed by atoms with Gasteiger partial charge >= 0.3 is 0 Å². The Hall–Kier alpha value is -1.35. The normalized spacial score (nSPS) is 20.2. The van der Waals surface area contributed by atoms with Crippen LogP contribution in [0, 0.1) is 0 Å². The summed E-state index contributed by atoms with van der Waals surface area (Å²) < 4.78 is 5.77. The number of ether oxygens (including phenoxy) is 1. The molecule has 0 N–H and O–H groups in total. The molecule has 1 aliphatic heterocycles. The van der Waals surface area contributed by atoms with Crippen molar-refractivity contribution in [3.63, 3.8) is 0 Å². The van der Waals surface area contributed by atoms with Crippen molar-refractivity contribution >= 4 is 5.90 Å². The summed E-state index contributed by atoms with van der Waals surface area (Å²) in [5, 5.41) is 0. The molecular weight excluding hydrogens is 188 g/mol. The van der Waals surface area contributed by atoms with E-state index in [2.05, 4.69) is 9.89 Å². The van der Waals surface area contributed by atoms with Crippen molar-refractivity contribution in [2.75, 3.05) is 27.2 Å². The maximum atomic E-state index is 5.77. The number of hydrogen-bond donors (Lipinski definition) is 0. The first-order chi connectivity index (χ1) is 7.25. The second kappa shape index (κ2) is 4.45. The van der Waals surface area contributed by atoms with Crippen molar-refractivity contribution in [3.8, 4) is 0 Å². The fourth-order valence-electron chi connectivity index (χ4n) is 1.66. The Morgan fingerprint density at radius 3 is 2.73 bits per heavy atom. The standard InChI is InChI=1S/C12H16N2O/c1-14(2)9-11-8-13-12(15-11)10-6-4-3-5-7-10/h3-7,11H,8-9H2,1-2H3. The molecular formula is C12H16N2O. The average Bonchev–Trinajstić information content (AvgIpc) is 2.67. The van der Waals surface area contributed by atoms with Crippen molar-refractivity contribution in [3.05, 3.63) is 35.9 Å². The number of aliphatic imine (C=N–C) groups is 1. The Morgan fingerprint density at radius 2 is 2.07 bits per heavy atom. The summed E-state index contributed by atoms with van der Waals surface area (Å²) in [7, 11) is 4.09. The molecule has 1 atom stereocenters. The summed E-state index contributed by atoms with van der Waals surface area (Å²) in [6.45, 7) is 1.68. The minimum absolute atomic E-state index is 0.204. The van der Waals surface area contributed by atoms with Crippen LogP contribution in [0.3, 0.4) is 0 Å². The van der Waals surface area contributed by atoms with Gasteiger partial charge in [0.2, 0.25) is 5.90 Å². The largest absolute Gasteiger partial charge is 0.471 e. The van der Waals surface area contributed by atoms with Crippen molar-refractivity contribution in [1.29, 1.82) is 0 Å². The maximum absolute atomic E-state index is 5.77. The predicted molar refractivity (Wildman–Crippen MR) is 61.3 cm³/mol. The Kier molecular flexibility index (Phi) is 3.02. The van der Waals surface area contributed by atoms with Gasteiger partial charge in [-0.3, -0.25) is 0 Å². The number of rotatable bonds is 3. The third-order valence-corrected chi connectivity index (χ3v) is 2.31. The molecule has 0 spiro atoms. The molecule has 1 heterocycles. The van der Waals surface area contributed by atoms with Crippen LogP contribution in [0.2, 0.25) is 0 Å². The average molecular weight is 204 g/mol. The highest BCUT2D eigenvalue weighted by Gasteiger charge is 2.20. The van der Waals surface area contributed by atoms with Crippen LogP contribution in [0.25, 0.3) is 0 Å². The molecule has 3 nitrogen and oxygen atoms in total. The summed E-state index contributed by atoms with van der Waals surface area (Å²) in [6, 6.07) is 10.0. The fraction of sp³-hybridized carbons (Fsp3) is 0.417. The summed E-state index contributed by atoms with van der Waals surface area (Å²) in [6.07, 6.45) is 0.204. The van der Waals surface area contributed by atoms with Crippen LogP contribution >= 0.6 is 0 Å². The van der Waals surface area contributed by atoms with Crippen LogP contribution in [0.5, 0.6) is 0 Å². The molecule has 0 aliphatic carbocycles.